The van der Waals surface area contributed by atoms with Crippen LogP contribution in [0.5, 0.6) is 5.75 Å². The molecule has 0 radical (unpaired) electrons. The fraction of sp³-hybridized carbons (Fsp3) is 0.231. The van der Waals surface area contributed by atoms with Crippen LogP contribution in [0, 0.1) is 0 Å². The second-order valence-electron chi connectivity index (χ2n) is 3.88. The number of nitrogen functional groups attached to an aromatic ring is 1. The summed E-state index contributed by atoms with van der Waals surface area (Å²) in [6.45, 7) is 1.03. The fourth-order valence-corrected chi connectivity index (χ4v) is 1.59. The number of aromatic nitrogens is 2. The lowest BCUT2D eigenvalue weighted by atomic mass is 10.1. The van der Waals surface area contributed by atoms with E-state index in [1.807, 2.05) is 24.3 Å². The van der Waals surface area contributed by atoms with Gasteiger partial charge in [-0.1, -0.05) is 0 Å². The van der Waals surface area contributed by atoms with Crippen molar-refractivity contribution in [1.29, 1.82) is 0 Å². The molecule has 0 saturated heterocycles. The first-order valence-electron chi connectivity index (χ1n) is 5.78. The first-order valence-corrected chi connectivity index (χ1v) is 5.78. The van der Waals surface area contributed by atoms with Crippen LogP contribution in [0.3, 0.4) is 0 Å². The molecule has 1 aromatic heterocycles. The van der Waals surface area contributed by atoms with Gasteiger partial charge in [-0.2, -0.15) is 0 Å². The molecule has 2 rings (SSSR count). The minimum Gasteiger partial charge on any atom is -0.491 e. The second kappa shape index (κ2) is 6.01. The summed E-state index contributed by atoms with van der Waals surface area (Å²) in [5.41, 5.74) is 6.56. The van der Waals surface area contributed by atoms with Gasteiger partial charge >= 0.3 is 0 Å². The largest absolute Gasteiger partial charge is 0.491 e. The molecule has 0 aliphatic rings. The zero-order valence-corrected chi connectivity index (χ0v) is 10.6. The molecule has 19 heavy (non-hydrogen) atoms. The van der Waals surface area contributed by atoms with Crippen molar-refractivity contribution < 1.29 is 9.47 Å². The molecule has 0 unspecified atom stereocenters. The molecule has 2 aromatic rings. The van der Waals surface area contributed by atoms with Gasteiger partial charge < -0.3 is 15.2 Å². The maximum Gasteiger partial charge on any atom is 0.252 e. The van der Waals surface area contributed by atoms with E-state index in [1.165, 1.54) is 6.07 Å². The van der Waals surface area contributed by atoms with Crippen molar-refractivity contribution in [3.63, 3.8) is 0 Å². The van der Waals surface area contributed by atoms with E-state index in [0.717, 1.165) is 11.3 Å². The summed E-state index contributed by atoms with van der Waals surface area (Å²) in [6, 6.07) is 8.66. The molecule has 1 aromatic carbocycles. The molecule has 0 amide bonds. The minimum absolute atomic E-state index is 0.0999. The summed E-state index contributed by atoms with van der Waals surface area (Å²) in [4.78, 5) is 17.8. The first-order chi connectivity index (χ1) is 9.19. The van der Waals surface area contributed by atoms with Crippen LogP contribution in [0.4, 0.5) is 5.95 Å². The summed E-state index contributed by atoms with van der Waals surface area (Å²) < 4.78 is 10.3. The number of benzene rings is 1. The smallest absolute Gasteiger partial charge is 0.252 e. The Morgan fingerprint density at radius 2 is 2.00 bits per heavy atom. The van der Waals surface area contributed by atoms with Gasteiger partial charge in [-0.05, 0) is 24.3 Å². The lowest BCUT2D eigenvalue weighted by molar-refractivity contribution is 0.146. The monoisotopic (exact) mass is 261 g/mol. The van der Waals surface area contributed by atoms with Gasteiger partial charge in [0.2, 0.25) is 5.95 Å². The molecular formula is C13H15N3O3. The predicted molar refractivity (Wildman–Crippen MR) is 72.1 cm³/mol. The molecular weight excluding hydrogens is 246 g/mol. The quantitative estimate of drug-likeness (QED) is 0.785. The van der Waals surface area contributed by atoms with E-state index >= 15 is 0 Å². The molecule has 100 valence electrons. The van der Waals surface area contributed by atoms with Crippen LogP contribution in [0.2, 0.25) is 0 Å². The van der Waals surface area contributed by atoms with E-state index in [2.05, 4.69) is 9.97 Å². The summed E-state index contributed by atoms with van der Waals surface area (Å²) >= 11 is 0. The molecule has 0 aliphatic heterocycles. The summed E-state index contributed by atoms with van der Waals surface area (Å²) in [7, 11) is 1.62. The Hall–Kier alpha value is -2.34. The molecule has 0 saturated carbocycles. The summed E-state index contributed by atoms with van der Waals surface area (Å²) in [6.07, 6.45) is 0. The first kappa shape index (κ1) is 13.1. The van der Waals surface area contributed by atoms with E-state index in [1.54, 1.807) is 7.11 Å². The summed E-state index contributed by atoms with van der Waals surface area (Å²) in [5, 5.41) is 0. The van der Waals surface area contributed by atoms with Gasteiger partial charge in [-0.25, -0.2) is 4.98 Å². The van der Waals surface area contributed by atoms with Crippen molar-refractivity contribution >= 4 is 5.95 Å². The molecule has 0 fully saturated rings. The lowest BCUT2D eigenvalue weighted by Crippen LogP contribution is -2.10. The van der Waals surface area contributed by atoms with Crippen LogP contribution < -0.4 is 16.0 Å². The highest BCUT2D eigenvalue weighted by molar-refractivity contribution is 5.60. The van der Waals surface area contributed by atoms with Crippen LogP contribution in [0.15, 0.2) is 35.1 Å². The highest BCUT2D eigenvalue weighted by atomic mass is 16.5. The van der Waals surface area contributed by atoms with E-state index < -0.39 is 0 Å². The highest BCUT2D eigenvalue weighted by Crippen LogP contribution is 2.20. The molecule has 0 bridgehead atoms. The SMILES string of the molecule is COCCOc1ccc(-c2cc(=O)[nH]c(N)n2)cc1. The molecule has 1 heterocycles. The number of nitrogens with two attached hydrogens (primary N) is 1. The zero-order chi connectivity index (χ0) is 13.7. The van der Waals surface area contributed by atoms with E-state index in [4.69, 9.17) is 15.2 Å². The number of H-pyrrole nitrogens is 1. The Morgan fingerprint density at radius 3 is 2.63 bits per heavy atom. The van der Waals surface area contributed by atoms with Crippen molar-refractivity contribution in [3.05, 3.63) is 40.7 Å². The maximum absolute atomic E-state index is 11.3. The number of nitrogens with zero attached hydrogens (tertiary/aromatic N) is 1. The number of rotatable bonds is 5. The third-order valence-electron chi connectivity index (χ3n) is 2.47. The van der Waals surface area contributed by atoms with Crippen LogP contribution in [0.1, 0.15) is 0 Å². The molecule has 0 spiro atoms. The number of hydrogen-bond acceptors (Lipinski definition) is 5. The van der Waals surface area contributed by atoms with Gasteiger partial charge in [0.15, 0.2) is 0 Å². The van der Waals surface area contributed by atoms with E-state index in [-0.39, 0.29) is 11.5 Å². The third-order valence-corrected chi connectivity index (χ3v) is 2.47. The van der Waals surface area contributed by atoms with Crippen molar-refractivity contribution in [2.24, 2.45) is 0 Å². The molecule has 0 atom stereocenters. The molecule has 3 N–H and O–H groups in total. The third kappa shape index (κ3) is 3.56. The topological polar surface area (TPSA) is 90.2 Å². The average Bonchev–Trinajstić information content (AvgIpc) is 2.39. The number of ether oxygens (including phenoxy) is 2. The van der Waals surface area contributed by atoms with Crippen molar-refractivity contribution in [2.45, 2.75) is 0 Å². The number of hydrogen-bond donors (Lipinski definition) is 2. The second-order valence-corrected chi connectivity index (χ2v) is 3.88. The van der Waals surface area contributed by atoms with Crippen LogP contribution in [-0.2, 0) is 4.74 Å². The highest BCUT2D eigenvalue weighted by Gasteiger charge is 2.02. The van der Waals surface area contributed by atoms with E-state index in [0.29, 0.717) is 18.9 Å². The van der Waals surface area contributed by atoms with Gasteiger partial charge in [0.25, 0.3) is 5.56 Å². The van der Waals surface area contributed by atoms with Gasteiger partial charge in [-0.15, -0.1) is 0 Å². The number of aromatic amines is 1. The normalized spacial score (nSPS) is 10.4. The van der Waals surface area contributed by atoms with Crippen molar-refractivity contribution in [3.8, 4) is 17.0 Å². The number of methoxy groups -OCH3 is 1. The Labute approximate surface area is 110 Å². The van der Waals surface area contributed by atoms with Gasteiger partial charge in [-0.3, -0.25) is 9.78 Å². The van der Waals surface area contributed by atoms with E-state index in [9.17, 15) is 4.79 Å². The van der Waals surface area contributed by atoms with Crippen molar-refractivity contribution in [2.75, 3.05) is 26.1 Å². The summed E-state index contributed by atoms with van der Waals surface area (Å²) in [5.74, 6) is 0.835. The predicted octanol–water partition coefficient (Wildman–Crippen LogP) is 1.04. The van der Waals surface area contributed by atoms with Gasteiger partial charge in [0.05, 0.1) is 12.3 Å². The van der Waals surface area contributed by atoms with Crippen LogP contribution in [0.25, 0.3) is 11.3 Å². The average molecular weight is 261 g/mol. The van der Waals surface area contributed by atoms with Crippen LogP contribution >= 0.6 is 0 Å². The zero-order valence-electron chi connectivity index (χ0n) is 10.6. The molecule has 0 aliphatic carbocycles. The van der Waals surface area contributed by atoms with Crippen LogP contribution in [-0.4, -0.2) is 30.3 Å². The maximum atomic E-state index is 11.3. The Balaban J connectivity index is 2.15. The minimum atomic E-state index is -0.275. The molecule has 6 heteroatoms. The fourth-order valence-electron chi connectivity index (χ4n) is 1.59. The number of nitrogens with one attached hydrogen (secondary N) is 1. The number of anilines is 1. The molecule has 6 nitrogen and oxygen atoms in total. The standard InChI is InChI=1S/C13H15N3O3/c1-18-6-7-19-10-4-2-9(3-5-10)11-8-12(17)16-13(14)15-11/h2-5,8H,6-7H2,1H3,(H3,14,15,16,17). The van der Waals surface area contributed by atoms with Crippen molar-refractivity contribution in [1.82, 2.24) is 9.97 Å². The van der Waals surface area contributed by atoms with Gasteiger partial charge in [0.1, 0.15) is 12.4 Å². The Kier molecular flexibility index (Phi) is 4.15. The Bertz CT molecular complexity index is 593. The lowest BCUT2D eigenvalue weighted by Gasteiger charge is -2.06. The Morgan fingerprint density at radius 1 is 1.26 bits per heavy atom. The van der Waals surface area contributed by atoms with Gasteiger partial charge in [0, 0.05) is 18.7 Å².